The van der Waals surface area contributed by atoms with Crippen molar-refractivity contribution in [1.82, 2.24) is 10.6 Å². The van der Waals surface area contributed by atoms with E-state index in [1.807, 2.05) is 6.07 Å². The lowest BCUT2D eigenvalue weighted by Gasteiger charge is -2.20. The summed E-state index contributed by atoms with van der Waals surface area (Å²) in [7, 11) is -1.49. The van der Waals surface area contributed by atoms with Crippen molar-refractivity contribution < 1.29 is 8.42 Å². The molecule has 2 N–H and O–H groups in total. The van der Waals surface area contributed by atoms with Crippen molar-refractivity contribution in [3.05, 3.63) is 30.3 Å². The van der Waals surface area contributed by atoms with Crippen molar-refractivity contribution >= 4 is 15.8 Å². The molecule has 6 heteroatoms. The molecule has 0 aliphatic heterocycles. The first-order valence-electron chi connectivity index (χ1n) is 7.62. The van der Waals surface area contributed by atoms with E-state index in [0.29, 0.717) is 35.8 Å². The van der Waals surface area contributed by atoms with Gasteiger partial charge in [0.1, 0.15) is 0 Å². The molecule has 1 atom stereocenters. The quantitative estimate of drug-likeness (QED) is 0.457. The Hall–Kier alpha value is -1.56. The molecule has 1 aromatic carbocycles. The lowest BCUT2D eigenvalue weighted by Crippen LogP contribution is -2.44. The standard InChI is InChI=1S/C16H27N3O2S/c1-13(2)14(3)19-16(17-4)18-11-8-12-22(20,21)15-9-6-5-7-10-15/h5-7,9-10,13-14H,8,11-12H2,1-4H3,(H2,17,18,19). The molecule has 0 bridgehead atoms. The summed E-state index contributed by atoms with van der Waals surface area (Å²) in [6.07, 6.45) is 0.536. The van der Waals surface area contributed by atoms with Gasteiger partial charge >= 0.3 is 0 Å². The molecule has 0 saturated carbocycles. The molecule has 0 heterocycles. The van der Waals surface area contributed by atoms with E-state index in [1.165, 1.54) is 0 Å². The number of guanidine groups is 1. The molecule has 0 aliphatic carbocycles. The Morgan fingerprint density at radius 2 is 1.82 bits per heavy atom. The largest absolute Gasteiger partial charge is 0.356 e. The highest BCUT2D eigenvalue weighted by Crippen LogP contribution is 2.10. The number of nitrogens with one attached hydrogen (secondary N) is 2. The number of aliphatic imine (C=N–C) groups is 1. The highest BCUT2D eigenvalue weighted by molar-refractivity contribution is 7.91. The molecule has 124 valence electrons. The summed E-state index contributed by atoms with van der Waals surface area (Å²) < 4.78 is 24.3. The molecule has 0 spiro atoms. The van der Waals surface area contributed by atoms with E-state index in [0.717, 1.165) is 0 Å². The molecule has 5 nitrogen and oxygen atoms in total. The summed E-state index contributed by atoms with van der Waals surface area (Å²) in [4.78, 5) is 4.53. The van der Waals surface area contributed by atoms with Crippen LogP contribution in [0.15, 0.2) is 40.2 Å². The fourth-order valence-electron chi connectivity index (χ4n) is 1.79. The zero-order valence-corrected chi connectivity index (χ0v) is 14.7. The van der Waals surface area contributed by atoms with Crippen LogP contribution < -0.4 is 10.6 Å². The fourth-order valence-corrected chi connectivity index (χ4v) is 3.12. The Bertz CT molecular complexity index is 568. The molecule has 1 unspecified atom stereocenters. The van der Waals surface area contributed by atoms with Crippen molar-refractivity contribution in [2.24, 2.45) is 10.9 Å². The number of hydrogen-bond donors (Lipinski definition) is 2. The molecule has 0 saturated heterocycles. The lowest BCUT2D eigenvalue weighted by molar-refractivity contribution is 0.481. The fraction of sp³-hybridized carbons (Fsp3) is 0.562. The van der Waals surface area contributed by atoms with E-state index in [4.69, 9.17) is 0 Å². The number of rotatable bonds is 7. The minimum Gasteiger partial charge on any atom is -0.356 e. The van der Waals surface area contributed by atoms with Crippen molar-refractivity contribution in [3.63, 3.8) is 0 Å². The van der Waals surface area contributed by atoms with Crippen LogP contribution in [0.25, 0.3) is 0 Å². The zero-order chi connectivity index (χ0) is 16.6. The number of hydrogen-bond acceptors (Lipinski definition) is 3. The van der Waals surface area contributed by atoms with E-state index in [2.05, 4.69) is 36.4 Å². The molecule has 0 fully saturated rings. The average Bonchev–Trinajstić information content (AvgIpc) is 2.50. The second-order valence-corrected chi connectivity index (χ2v) is 7.77. The van der Waals surface area contributed by atoms with Gasteiger partial charge in [-0.3, -0.25) is 4.99 Å². The van der Waals surface area contributed by atoms with E-state index in [1.54, 1.807) is 31.3 Å². The maximum atomic E-state index is 12.1. The highest BCUT2D eigenvalue weighted by Gasteiger charge is 2.13. The van der Waals surface area contributed by atoms with Gasteiger partial charge in [-0.25, -0.2) is 8.42 Å². The molecule has 1 aromatic rings. The third-order valence-corrected chi connectivity index (χ3v) is 5.39. The molecule has 0 aliphatic rings. The van der Waals surface area contributed by atoms with Gasteiger partial charge in [0, 0.05) is 19.6 Å². The van der Waals surface area contributed by atoms with Gasteiger partial charge in [0.15, 0.2) is 15.8 Å². The molecule has 0 radical (unpaired) electrons. The van der Waals surface area contributed by atoms with Gasteiger partial charge in [0.25, 0.3) is 0 Å². The Labute approximate surface area is 134 Å². The third kappa shape index (κ3) is 6.05. The molecule has 0 aromatic heterocycles. The van der Waals surface area contributed by atoms with Gasteiger partial charge in [-0.15, -0.1) is 0 Å². The van der Waals surface area contributed by atoms with Gasteiger partial charge in [0.2, 0.25) is 0 Å². The first-order chi connectivity index (χ1) is 10.4. The Morgan fingerprint density at radius 3 is 2.36 bits per heavy atom. The predicted molar refractivity (Wildman–Crippen MR) is 91.9 cm³/mol. The van der Waals surface area contributed by atoms with Gasteiger partial charge < -0.3 is 10.6 Å². The first-order valence-corrected chi connectivity index (χ1v) is 9.27. The van der Waals surface area contributed by atoms with E-state index in [-0.39, 0.29) is 5.75 Å². The van der Waals surface area contributed by atoms with Gasteiger partial charge in [0.05, 0.1) is 10.6 Å². The maximum absolute atomic E-state index is 12.1. The minimum absolute atomic E-state index is 0.126. The zero-order valence-electron chi connectivity index (χ0n) is 13.8. The normalized spacial score (nSPS) is 14.0. The Balaban J connectivity index is 2.41. The van der Waals surface area contributed by atoms with Crippen LogP contribution in [0.3, 0.4) is 0 Å². The van der Waals surface area contributed by atoms with Crippen molar-refractivity contribution in [3.8, 4) is 0 Å². The summed E-state index contributed by atoms with van der Waals surface area (Å²) in [5.74, 6) is 1.33. The number of sulfone groups is 1. The SMILES string of the molecule is CN=C(NCCCS(=O)(=O)c1ccccc1)NC(C)C(C)C. The highest BCUT2D eigenvalue weighted by atomic mass is 32.2. The Morgan fingerprint density at radius 1 is 1.18 bits per heavy atom. The van der Waals surface area contributed by atoms with Gasteiger partial charge in [-0.1, -0.05) is 32.0 Å². The molecular formula is C16H27N3O2S. The summed E-state index contributed by atoms with van der Waals surface area (Å²) >= 11 is 0. The van der Waals surface area contributed by atoms with E-state index >= 15 is 0 Å². The van der Waals surface area contributed by atoms with Crippen LogP contribution >= 0.6 is 0 Å². The smallest absolute Gasteiger partial charge is 0.191 e. The molecule has 0 amide bonds. The van der Waals surface area contributed by atoms with Crippen LogP contribution in [-0.2, 0) is 9.84 Å². The second kappa shape index (κ2) is 8.78. The first kappa shape index (κ1) is 18.5. The molecule has 22 heavy (non-hydrogen) atoms. The lowest BCUT2D eigenvalue weighted by atomic mass is 10.1. The van der Waals surface area contributed by atoms with E-state index < -0.39 is 9.84 Å². The number of nitrogens with zero attached hydrogens (tertiary/aromatic N) is 1. The van der Waals surface area contributed by atoms with Crippen LogP contribution in [0.5, 0.6) is 0 Å². The topological polar surface area (TPSA) is 70.6 Å². The van der Waals surface area contributed by atoms with Crippen molar-refractivity contribution in [2.75, 3.05) is 19.3 Å². The van der Waals surface area contributed by atoms with Gasteiger partial charge in [-0.05, 0) is 31.4 Å². The molecule has 1 rings (SSSR count). The van der Waals surface area contributed by atoms with Gasteiger partial charge in [-0.2, -0.15) is 0 Å². The average molecular weight is 325 g/mol. The predicted octanol–water partition coefficient (Wildman–Crippen LogP) is 2.06. The van der Waals surface area contributed by atoms with Crippen molar-refractivity contribution in [1.29, 1.82) is 0 Å². The summed E-state index contributed by atoms with van der Waals surface area (Å²) in [6.45, 7) is 6.93. The summed E-state index contributed by atoms with van der Waals surface area (Å²) in [5.41, 5.74) is 0. The number of benzene rings is 1. The van der Waals surface area contributed by atoms with Crippen LogP contribution in [0.4, 0.5) is 0 Å². The third-order valence-electron chi connectivity index (χ3n) is 3.57. The molecular weight excluding hydrogens is 298 g/mol. The maximum Gasteiger partial charge on any atom is 0.191 e. The van der Waals surface area contributed by atoms with Crippen LogP contribution in [0.2, 0.25) is 0 Å². The van der Waals surface area contributed by atoms with E-state index in [9.17, 15) is 8.42 Å². The van der Waals surface area contributed by atoms with Crippen LogP contribution in [-0.4, -0.2) is 39.8 Å². The monoisotopic (exact) mass is 325 g/mol. The Kier molecular flexibility index (Phi) is 7.38. The van der Waals surface area contributed by atoms with Crippen LogP contribution in [0.1, 0.15) is 27.2 Å². The summed E-state index contributed by atoms with van der Waals surface area (Å²) in [6, 6.07) is 8.86. The summed E-state index contributed by atoms with van der Waals surface area (Å²) in [5, 5.41) is 6.44. The van der Waals surface area contributed by atoms with Crippen LogP contribution in [0, 0.1) is 5.92 Å². The van der Waals surface area contributed by atoms with Crippen molar-refractivity contribution in [2.45, 2.75) is 38.1 Å². The second-order valence-electron chi connectivity index (χ2n) is 5.66. The minimum atomic E-state index is -3.20.